The zero-order valence-electron chi connectivity index (χ0n) is 12.2. The van der Waals surface area contributed by atoms with Crippen molar-refractivity contribution in [1.29, 1.82) is 0 Å². The molecule has 0 radical (unpaired) electrons. The van der Waals surface area contributed by atoms with Gasteiger partial charge in [-0.15, -0.1) is 0 Å². The molecular weight excluding hydrogens is 330 g/mol. The van der Waals surface area contributed by atoms with Gasteiger partial charge in [0.05, 0.1) is 0 Å². The normalized spacial score (nSPS) is 21.6. The quantitative estimate of drug-likeness (QED) is 0.902. The fraction of sp³-hybridized carbons (Fsp3) is 0.588. The molecule has 21 heavy (non-hydrogen) atoms. The Morgan fingerprint density at radius 3 is 2.71 bits per heavy atom. The molecule has 2 fully saturated rings. The van der Waals surface area contributed by atoms with Gasteiger partial charge in [-0.05, 0) is 43.4 Å². The van der Waals surface area contributed by atoms with Crippen molar-refractivity contribution in [2.45, 2.75) is 37.5 Å². The average Bonchev–Trinajstić information content (AvgIpc) is 2.44. The predicted octanol–water partition coefficient (Wildman–Crippen LogP) is 3.41. The van der Waals surface area contributed by atoms with E-state index in [-0.39, 0.29) is 17.2 Å². The van der Waals surface area contributed by atoms with Crippen LogP contribution in [-0.4, -0.2) is 25.7 Å². The van der Waals surface area contributed by atoms with Gasteiger partial charge in [0, 0.05) is 35.6 Å². The first-order chi connectivity index (χ1) is 10.2. The van der Waals surface area contributed by atoms with Crippen LogP contribution in [0.4, 0.5) is 0 Å². The number of carbonyl (C=O) groups excluding carboxylic acids is 1. The summed E-state index contributed by atoms with van der Waals surface area (Å²) in [5.74, 6) is 0.492. The molecular formula is C17H22BrNO2. The number of ether oxygens (including phenoxy) is 1. The minimum Gasteiger partial charge on any atom is -0.381 e. The number of rotatable bonds is 4. The highest BCUT2D eigenvalue weighted by molar-refractivity contribution is 9.10. The van der Waals surface area contributed by atoms with Gasteiger partial charge in [-0.2, -0.15) is 0 Å². The molecule has 0 spiro atoms. The van der Waals surface area contributed by atoms with Crippen molar-refractivity contribution in [2.75, 3.05) is 19.8 Å². The number of benzene rings is 1. The van der Waals surface area contributed by atoms with E-state index < -0.39 is 0 Å². The summed E-state index contributed by atoms with van der Waals surface area (Å²) >= 11 is 3.56. The number of halogens is 1. The third-order valence-corrected chi connectivity index (χ3v) is 5.46. The lowest BCUT2D eigenvalue weighted by Gasteiger charge is -2.38. The highest BCUT2D eigenvalue weighted by Crippen LogP contribution is 2.36. The molecule has 0 unspecified atom stereocenters. The number of carbonyl (C=O) groups is 1. The first kappa shape index (κ1) is 15.0. The zero-order chi connectivity index (χ0) is 14.7. The van der Waals surface area contributed by atoms with E-state index in [9.17, 15) is 4.79 Å². The summed E-state index contributed by atoms with van der Waals surface area (Å²) in [4.78, 5) is 12.2. The van der Waals surface area contributed by atoms with Gasteiger partial charge in [-0.25, -0.2) is 0 Å². The van der Waals surface area contributed by atoms with Crippen LogP contribution in [0.3, 0.4) is 0 Å². The lowest BCUT2D eigenvalue weighted by Crippen LogP contribution is -2.46. The lowest BCUT2D eigenvalue weighted by atomic mass is 9.74. The standard InChI is InChI=1S/C17H22BrNO2/c18-15-6-2-5-14(11-15)17(7-9-21-10-8-17)12-19-16(20)13-3-1-4-13/h2,5-6,11,13H,1,3-4,7-10,12H2,(H,19,20). The summed E-state index contributed by atoms with van der Waals surface area (Å²) in [6.07, 6.45) is 5.24. The summed E-state index contributed by atoms with van der Waals surface area (Å²) in [7, 11) is 0. The van der Waals surface area contributed by atoms with Crippen LogP contribution in [0.25, 0.3) is 0 Å². The number of hydrogen-bond acceptors (Lipinski definition) is 2. The van der Waals surface area contributed by atoms with Gasteiger partial charge in [-0.3, -0.25) is 4.79 Å². The number of amides is 1. The van der Waals surface area contributed by atoms with E-state index in [4.69, 9.17) is 4.74 Å². The topological polar surface area (TPSA) is 38.3 Å². The summed E-state index contributed by atoms with van der Waals surface area (Å²) in [6, 6.07) is 8.47. The first-order valence-corrected chi connectivity index (χ1v) is 8.60. The minimum atomic E-state index is 0.0153. The van der Waals surface area contributed by atoms with Crippen molar-refractivity contribution in [2.24, 2.45) is 5.92 Å². The second kappa shape index (κ2) is 6.49. The van der Waals surface area contributed by atoms with Crippen LogP contribution in [0.5, 0.6) is 0 Å². The molecule has 4 heteroatoms. The predicted molar refractivity (Wildman–Crippen MR) is 86.2 cm³/mol. The molecule has 0 aromatic heterocycles. The molecule has 1 heterocycles. The van der Waals surface area contributed by atoms with E-state index in [2.05, 4.69) is 39.4 Å². The Bertz CT molecular complexity index is 507. The molecule has 1 amide bonds. The molecule has 114 valence electrons. The molecule has 1 saturated heterocycles. The van der Waals surface area contributed by atoms with E-state index in [1.807, 2.05) is 6.07 Å². The summed E-state index contributed by atoms with van der Waals surface area (Å²) in [5, 5.41) is 3.20. The van der Waals surface area contributed by atoms with Crippen molar-refractivity contribution in [3.8, 4) is 0 Å². The van der Waals surface area contributed by atoms with Crippen LogP contribution >= 0.6 is 15.9 Å². The molecule has 0 atom stereocenters. The minimum absolute atomic E-state index is 0.0153. The lowest BCUT2D eigenvalue weighted by molar-refractivity contribution is -0.127. The average molecular weight is 352 g/mol. The van der Waals surface area contributed by atoms with Crippen molar-refractivity contribution >= 4 is 21.8 Å². The zero-order valence-corrected chi connectivity index (χ0v) is 13.8. The monoisotopic (exact) mass is 351 g/mol. The number of hydrogen-bond donors (Lipinski definition) is 1. The molecule has 0 bridgehead atoms. The van der Waals surface area contributed by atoms with Gasteiger partial charge < -0.3 is 10.1 Å². The highest BCUT2D eigenvalue weighted by atomic mass is 79.9. The van der Waals surface area contributed by atoms with Gasteiger partial charge in [0.2, 0.25) is 5.91 Å². The molecule has 1 aliphatic carbocycles. The summed E-state index contributed by atoms with van der Waals surface area (Å²) in [5.41, 5.74) is 1.32. The van der Waals surface area contributed by atoms with Crippen molar-refractivity contribution < 1.29 is 9.53 Å². The summed E-state index contributed by atoms with van der Waals surface area (Å²) in [6.45, 7) is 2.26. The van der Waals surface area contributed by atoms with Gasteiger partial charge in [0.15, 0.2) is 0 Å². The molecule has 1 aliphatic heterocycles. The Kier molecular flexibility index (Phi) is 4.65. The van der Waals surface area contributed by atoms with Crippen molar-refractivity contribution in [1.82, 2.24) is 5.32 Å². The van der Waals surface area contributed by atoms with Crippen LogP contribution in [0.1, 0.15) is 37.7 Å². The van der Waals surface area contributed by atoms with Gasteiger partial charge in [0.25, 0.3) is 0 Å². The fourth-order valence-corrected chi connectivity index (χ4v) is 3.62. The first-order valence-electron chi connectivity index (χ1n) is 7.81. The second-order valence-electron chi connectivity index (χ2n) is 6.25. The smallest absolute Gasteiger partial charge is 0.223 e. The van der Waals surface area contributed by atoms with Crippen molar-refractivity contribution in [3.05, 3.63) is 34.3 Å². The molecule has 2 aliphatic rings. The third kappa shape index (κ3) is 3.32. The molecule has 1 saturated carbocycles. The molecule has 1 aromatic carbocycles. The fourth-order valence-electron chi connectivity index (χ4n) is 3.22. The largest absolute Gasteiger partial charge is 0.381 e. The van der Waals surface area contributed by atoms with E-state index in [1.165, 1.54) is 12.0 Å². The van der Waals surface area contributed by atoms with Crippen LogP contribution in [-0.2, 0) is 14.9 Å². The third-order valence-electron chi connectivity index (χ3n) is 4.96. The van der Waals surface area contributed by atoms with Gasteiger partial charge >= 0.3 is 0 Å². The molecule has 3 nitrogen and oxygen atoms in total. The van der Waals surface area contributed by atoms with Crippen LogP contribution in [0.2, 0.25) is 0 Å². The van der Waals surface area contributed by atoms with Crippen LogP contribution in [0.15, 0.2) is 28.7 Å². The number of nitrogens with one attached hydrogen (secondary N) is 1. The maximum Gasteiger partial charge on any atom is 0.223 e. The Balaban J connectivity index is 1.74. The maximum absolute atomic E-state index is 12.2. The van der Waals surface area contributed by atoms with Crippen LogP contribution < -0.4 is 5.32 Å². The van der Waals surface area contributed by atoms with E-state index >= 15 is 0 Å². The van der Waals surface area contributed by atoms with E-state index in [0.717, 1.165) is 49.9 Å². The summed E-state index contributed by atoms with van der Waals surface area (Å²) < 4.78 is 6.63. The van der Waals surface area contributed by atoms with Gasteiger partial charge in [-0.1, -0.05) is 34.5 Å². The Hall–Kier alpha value is -0.870. The Morgan fingerprint density at radius 1 is 1.33 bits per heavy atom. The second-order valence-corrected chi connectivity index (χ2v) is 7.16. The van der Waals surface area contributed by atoms with E-state index in [0.29, 0.717) is 0 Å². The van der Waals surface area contributed by atoms with Crippen molar-refractivity contribution in [3.63, 3.8) is 0 Å². The highest BCUT2D eigenvalue weighted by Gasteiger charge is 2.36. The maximum atomic E-state index is 12.2. The molecule has 3 rings (SSSR count). The SMILES string of the molecule is O=C(NCC1(c2cccc(Br)c2)CCOCC1)C1CCC1. The Labute approximate surface area is 134 Å². The Morgan fingerprint density at radius 2 is 2.10 bits per heavy atom. The molecule has 1 aromatic rings. The van der Waals surface area contributed by atoms with Crippen LogP contribution in [0, 0.1) is 5.92 Å². The van der Waals surface area contributed by atoms with E-state index in [1.54, 1.807) is 0 Å². The van der Waals surface area contributed by atoms with Gasteiger partial charge in [0.1, 0.15) is 0 Å². The molecule has 1 N–H and O–H groups in total.